The molecule has 0 saturated carbocycles. The zero-order chi connectivity index (χ0) is 22.5. The number of benzene rings is 2. The number of aromatic nitrogens is 2. The van der Waals surface area contributed by atoms with Crippen LogP contribution in [0.5, 0.6) is 0 Å². The van der Waals surface area contributed by atoms with Crippen molar-refractivity contribution in [3.05, 3.63) is 53.0 Å². The molecule has 8 nitrogen and oxygen atoms in total. The van der Waals surface area contributed by atoms with Gasteiger partial charge < -0.3 is 19.5 Å². The van der Waals surface area contributed by atoms with E-state index in [2.05, 4.69) is 36.3 Å². The molecular formula is C22H22BrN5O3S. The zero-order valence-electron chi connectivity index (χ0n) is 17.5. The van der Waals surface area contributed by atoms with E-state index in [1.165, 1.54) is 11.8 Å². The minimum absolute atomic E-state index is 0.116. The van der Waals surface area contributed by atoms with Crippen LogP contribution in [0.25, 0.3) is 11.5 Å². The van der Waals surface area contributed by atoms with Gasteiger partial charge in [-0.05, 0) is 42.5 Å². The molecule has 1 N–H and O–H groups in total. The van der Waals surface area contributed by atoms with Crippen molar-refractivity contribution in [3.63, 3.8) is 0 Å². The summed E-state index contributed by atoms with van der Waals surface area (Å²) in [5.74, 6) is 0.536. The predicted octanol–water partition coefficient (Wildman–Crippen LogP) is 3.90. The third kappa shape index (κ3) is 5.68. The van der Waals surface area contributed by atoms with E-state index in [-0.39, 0.29) is 17.6 Å². The normalized spacial score (nSPS) is 13.8. The second kappa shape index (κ2) is 10.2. The molecule has 2 heterocycles. The first-order chi connectivity index (χ1) is 15.5. The first-order valence-corrected chi connectivity index (χ1v) is 11.9. The monoisotopic (exact) mass is 515 g/mol. The van der Waals surface area contributed by atoms with Crippen molar-refractivity contribution in [2.45, 2.75) is 12.1 Å². The number of thioether (sulfide) groups is 1. The molecule has 10 heteroatoms. The molecule has 0 radical (unpaired) electrons. The Bertz CT molecular complexity index is 1100. The maximum Gasteiger partial charge on any atom is 0.277 e. The van der Waals surface area contributed by atoms with Crippen LogP contribution < -0.4 is 10.2 Å². The molecule has 1 aliphatic heterocycles. The highest BCUT2D eigenvalue weighted by molar-refractivity contribution is 9.10. The van der Waals surface area contributed by atoms with Crippen LogP contribution in [0.1, 0.15) is 6.92 Å². The van der Waals surface area contributed by atoms with Crippen LogP contribution in [0.3, 0.4) is 0 Å². The van der Waals surface area contributed by atoms with E-state index in [1.807, 2.05) is 53.4 Å². The smallest absolute Gasteiger partial charge is 0.277 e. The molecule has 0 spiro atoms. The molecule has 1 aromatic heterocycles. The number of anilines is 2. The largest absolute Gasteiger partial charge is 0.411 e. The lowest BCUT2D eigenvalue weighted by atomic mass is 10.2. The highest BCUT2D eigenvalue weighted by Crippen LogP contribution is 2.25. The Morgan fingerprint density at radius 2 is 1.84 bits per heavy atom. The Labute approximate surface area is 198 Å². The molecule has 4 rings (SSSR count). The second-order valence-corrected chi connectivity index (χ2v) is 9.10. The van der Waals surface area contributed by atoms with Crippen LogP contribution in [0, 0.1) is 0 Å². The van der Waals surface area contributed by atoms with Crippen molar-refractivity contribution in [2.24, 2.45) is 0 Å². The number of piperazine rings is 1. The van der Waals surface area contributed by atoms with E-state index >= 15 is 0 Å². The second-order valence-electron chi connectivity index (χ2n) is 7.26. The Kier molecular flexibility index (Phi) is 7.11. The summed E-state index contributed by atoms with van der Waals surface area (Å²) < 4.78 is 6.56. The Morgan fingerprint density at radius 1 is 1.09 bits per heavy atom. The van der Waals surface area contributed by atoms with Crippen molar-refractivity contribution in [2.75, 3.05) is 42.1 Å². The summed E-state index contributed by atoms with van der Waals surface area (Å²) in [7, 11) is 0. The summed E-state index contributed by atoms with van der Waals surface area (Å²) in [6.07, 6.45) is 0. The standard InChI is InChI=1S/C22H22BrN5O3S/c1-15(29)27-9-11-28(12-10-27)19-7-5-18(6-8-19)24-20(30)14-32-22-26-25-21(31-22)16-3-2-4-17(23)13-16/h2-8,13H,9-12,14H2,1H3,(H,24,30). The maximum absolute atomic E-state index is 12.3. The van der Waals surface area contributed by atoms with Gasteiger partial charge in [-0.3, -0.25) is 9.59 Å². The van der Waals surface area contributed by atoms with Crippen molar-refractivity contribution < 1.29 is 14.0 Å². The number of nitrogens with zero attached hydrogens (tertiary/aromatic N) is 4. The van der Waals surface area contributed by atoms with E-state index in [0.29, 0.717) is 11.1 Å². The molecule has 1 aliphatic rings. The van der Waals surface area contributed by atoms with Gasteiger partial charge in [0.25, 0.3) is 5.22 Å². The number of carbonyl (C=O) groups is 2. The summed E-state index contributed by atoms with van der Waals surface area (Å²) in [4.78, 5) is 27.9. The first-order valence-electron chi connectivity index (χ1n) is 10.1. The molecule has 0 unspecified atom stereocenters. The van der Waals surface area contributed by atoms with Gasteiger partial charge in [-0.15, -0.1) is 10.2 Å². The van der Waals surface area contributed by atoms with Crippen LogP contribution >= 0.6 is 27.7 Å². The third-order valence-electron chi connectivity index (χ3n) is 5.05. The highest BCUT2D eigenvalue weighted by atomic mass is 79.9. The quantitative estimate of drug-likeness (QED) is 0.497. The van der Waals surface area contributed by atoms with Crippen molar-refractivity contribution in [3.8, 4) is 11.5 Å². The van der Waals surface area contributed by atoms with Crippen LogP contribution in [-0.4, -0.2) is 58.8 Å². The fourth-order valence-corrected chi connectivity index (χ4v) is 4.33. The maximum atomic E-state index is 12.3. The molecule has 32 heavy (non-hydrogen) atoms. The average molecular weight is 516 g/mol. The predicted molar refractivity (Wildman–Crippen MR) is 128 cm³/mol. The van der Waals surface area contributed by atoms with E-state index in [0.717, 1.165) is 47.6 Å². The fraction of sp³-hybridized carbons (Fsp3) is 0.273. The third-order valence-corrected chi connectivity index (χ3v) is 6.36. The number of amides is 2. The molecule has 3 aromatic rings. The number of halogens is 1. The summed E-state index contributed by atoms with van der Waals surface area (Å²) >= 11 is 4.61. The number of nitrogens with one attached hydrogen (secondary N) is 1. The van der Waals surface area contributed by atoms with Gasteiger partial charge in [-0.25, -0.2) is 0 Å². The lowest BCUT2D eigenvalue weighted by Crippen LogP contribution is -2.48. The van der Waals surface area contributed by atoms with Crippen molar-refractivity contribution >= 4 is 50.9 Å². The Balaban J connectivity index is 1.26. The number of hydrogen-bond donors (Lipinski definition) is 1. The van der Waals surface area contributed by atoms with E-state index in [4.69, 9.17) is 4.42 Å². The minimum atomic E-state index is -0.153. The molecule has 0 aliphatic carbocycles. The highest BCUT2D eigenvalue weighted by Gasteiger charge is 2.19. The molecule has 166 valence electrons. The SMILES string of the molecule is CC(=O)N1CCN(c2ccc(NC(=O)CSc3nnc(-c4cccc(Br)c4)o3)cc2)CC1. The van der Waals surface area contributed by atoms with Crippen LogP contribution in [0.15, 0.2) is 62.6 Å². The lowest BCUT2D eigenvalue weighted by Gasteiger charge is -2.35. The van der Waals surface area contributed by atoms with Gasteiger partial charge in [-0.1, -0.05) is 33.8 Å². The van der Waals surface area contributed by atoms with E-state index < -0.39 is 0 Å². The molecule has 0 bridgehead atoms. The van der Waals surface area contributed by atoms with Gasteiger partial charge in [0.2, 0.25) is 17.7 Å². The number of carbonyl (C=O) groups excluding carboxylic acids is 2. The molecular weight excluding hydrogens is 494 g/mol. The van der Waals surface area contributed by atoms with Gasteiger partial charge in [-0.2, -0.15) is 0 Å². The molecule has 0 atom stereocenters. The van der Waals surface area contributed by atoms with Crippen LogP contribution in [-0.2, 0) is 9.59 Å². The molecule has 2 amide bonds. The Morgan fingerprint density at radius 3 is 2.53 bits per heavy atom. The average Bonchev–Trinajstić information content (AvgIpc) is 3.28. The molecule has 1 fully saturated rings. The molecule has 2 aromatic carbocycles. The topological polar surface area (TPSA) is 91.6 Å². The van der Waals surface area contributed by atoms with Crippen molar-refractivity contribution in [1.29, 1.82) is 0 Å². The minimum Gasteiger partial charge on any atom is -0.411 e. The van der Waals surface area contributed by atoms with E-state index in [9.17, 15) is 9.59 Å². The van der Waals surface area contributed by atoms with Gasteiger partial charge in [0.15, 0.2) is 0 Å². The van der Waals surface area contributed by atoms with Crippen LogP contribution in [0.4, 0.5) is 11.4 Å². The van der Waals surface area contributed by atoms with Gasteiger partial charge in [0, 0.05) is 54.5 Å². The summed E-state index contributed by atoms with van der Waals surface area (Å²) in [5, 5.41) is 11.3. The zero-order valence-corrected chi connectivity index (χ0v) is 19.9. The van der Waals surface area contributed by atoms with Gasteiger partial charge in [0.1, 0.15) is 0 Å². The first kappa shape index (κ1) is 22.3. The van der Waals surface area contributed by atoms with Crippen LogP contribution in [0.2, 0.25) is 0 Å². The number of hydrogen-bond acceptors (Lipinski definition) is 7. The van der Waals surface area contributed by atoms with Gasteiger partial charge in [0.05, 0.1) is 5.75 Å². The fourth-order valence-electron chi connectivity index (χ4n) is 3.37. The van der Waals surface area contributed by atoms with Gasteiger partial charge >= 0.3 is 0 Å². The summed E-state index contributed by atoms with van der Waals surface area (Å²) in [6.45, 7) is 4.65. The van der Waals surface area contributed by atoms with E-state index in [1.54, 1.807) is 6.92 Å². The summed E-state index contributed by atoms with van der Waals surface area (Å²) in [6, 6.07) is 15.3. The Hall–Kier alpha value is -2.85. The summed E-state index contributed by atoms with van der Waals surface area (Å²) in [5.41, 5.74) is 2.61. The van der Waals surface area contributed by atoms with Crippen molar-refractivity contribution in [1.82, 2.24) is 15.1 Å². The lowest BCUT2D eigenvalue weighted by molar-refractivity contribution is -0.129. The molecule has 1 saturated heterocycles. The number of rotatable bonds is 6.